The summed E-state index contributed by atoms with van der Waals surface area (Å²) in [4.78, 5) is 26.3. The third kappa shape index (κ3) is 5.06. The molecule has 2 aromatic rings. The predicted octanol–water partition coefficient (Wildman–Crippen LogP) is 6.69. The molecule has 1 N–H and O–H groups in total. The Morgan fingerprint density at radius 1 is 1.02 bits per heavy atom. The van der Waals surface area contributed by atoms with Crippen LogP contribution >= 0.6 is 0 Å². The van der Waals surface area contributed by atoms with Crippen molar-refractivity contribution in [2.45, 2.75) is 96.4 Å². The van der Waals surface area contributed by atoms with Crippen LogP contribution in [-0.4, -0.2) is 43.6 Å². The van der Waals surface area contributed by atoms with E-state index in [-0.39, 0.29) is 68.1 Å². The Balaban J connectivity index is 1.08. The highest BCUT2D eigenvalue weighted by molar-refractivity contribution is 7.91. The van der Waals surface area contributed by atoms with Gasteiger partial charge in [0, 0.05) is 11.0 Å². The maximum atomic E-state index is 13.8. The smallest absolute Gasteiger partial charge is 0.415 e. The molecule has 12 heteroatoms. The molecule has 11 nitrogen and oxygen atoms in total. The number of ether oxygens (including phenoxy) is 2. The van der Waals surface area contributed by atoms with Crippen LogP contribution in [-0.2, 0) is 24.2 Å². The molecule has 0 radical (unpaired) electrons. The van der Waals surface area contributed by atoms with Crippen LogP contribution in [0.3, 0.4) is 0 Å². The number of esters is 1. The van der Waals surface area contributed by atoms with Crippen LogP contribution in [0, 0.1) is 38.2 Å². The molecule has 5 aliphatic carbocycles. The van der Waals surface area contributed by atoms with Crippen LogP contribution in [0.5, 0.6) is 5.88 Å². The van der Waals surface area contributed by atoms with E-state index in [1.165, 1.54) is 29.8 Å². The van der Waals surface area contributed by atoms with E-state index in [1.54, 1.807) is 12.1 Å². The number of sulfone groups is 1. The second-order valence-electron chi connectivity index (χ2n) is 16.5. The van der Waals surface area contributed by atoms with Gasteiger partial charge in [0.15, 0.2) is 5.76 Å². The number of ketones is 1. The largest absolute Gasteiger partial charge is 0.504 e. The second kappa shape index (κ2) is 11.7. The molecule has 1 aromatic carbocycles. The van der Waals surface area contributed by atoms with Crippen molar-refractivity contribution in [2.24, 2.45) is 33.0 Å². The Morgan fingerprint density at radius 2 is 1.73 bits per heavy atom. The number of hydrogen-bond acceptors (Lipinski definition) is 10. The number of aliphatic hydroxyl groups is 1. The molecule has 0 spiro atoms. The zero-order chi connectivity index (χ0) is 36.8. The van der Waals surface area contributed by atoms with Gasteiger partial charge in [-0.2, -0.15) is 0 Å². The summed E-state index contributed by atoms with van der Waals surface area (Å²) in [6, 6.07) is 7.43. The molecule has 0 unspecified atom stereocenters. The zero-order valence-electron chi connectivity index (χ0n) is 30.1. The number of allylic oxidation sites excluding steroid dienone is 7. The van der Waals surface area contributed by atoms with Gasteiger partial charge in [-0.3, -0.25) is 14.2 Å². The van der Waals surface area contributed by atoms with Crippen molar-refractivity contribution in [3.05, 3.63) is 81.8 Å². The fourth-order valence-corrected chi connectivity index (χ4v) is 11.6. The Kier molecular flexibility index (Phi) is 8.05. The highest BCUT2D eigenvalue weighted by Crippen LogP contribution is 2.75. The number of fused-ring (bicyclic) bond motifs is 7. The summed E-state index contributed by atoms with van der Waals surface area (Å²) in [6.45, 7) is 12.8. The van der Waals surface area contributed by atoms with Gasteiger partial charge in [-0.15, -0.1) is 0 Å². The average Bonchev–Trinajstić information content (AvgIpc) is 3.48. The van der Waals surface area contributed by atoms with E-state index < -0.39 is 26.2 Å². The molecule has 1 heterocycles. The summed E-state index contributed by atoms with van der Waals surface area (Å²) < 4.78 is 42.0. The number of carbonyl (C=O) groups excluding carboxylic acids is 2. The molecule has 7 rings (SSSR count). The van der Waals surface area contributed by atoms with Crippen molar-refractivity contribution in [2.75, 3.05) is 13.2 Å². The predicted molar refractivity (Wildman–Crippen MR) is 185 cm³/mol. The Bertz CT molecular complexity index is 2060. The number of nitrogens with zero attached hydrogens (tertiary/aromatic N) is 2. The lowest BCUT2D eigenvalue weighted by molar-refractivity contribution is -0.832. The van der Waals surface area contributed by atoms with Crippen LogP contribution in [0.15, 0.2) is 91.2 Å². The molecular formula is C39H46N2O9S. The van der Waals surface area contributed by atoms with Crippen LogP contribution in [0.25, 0.3) is 0 Å². The van der Waals surface area contributed by atoms with E-state index in [0.29, 0.717) is 18.4 Å². The van der Waals surface area contributed by atoms with E-state index in [9.17, 15) is 28.3 Å². The molecule has 0 bridgehead atoms. The third-order valence-corrected chi connectivity index (χ3v) is 15.5. The Morgan fingerprint density at radius 3 is 2.45 bits per heavy atom. The van der Waals surface area contributed by atoms with E-state index in [4.69, 9.17) is 9.47 Å². The number of aliphatic hydroxyl groups excluding tert-OH is 1. The van der Waals surface area contributed by atoms with Gasteiger partial charge in [0.1, 0.15) is 13.2 Å². The number of hydrogen-bond donors (Lipinski definition) is 1. The first-order valence-corrected chi connectivity index (χ1v) is 19.2. The fourth-order valence-electron chi connectivity index (χ4n) is 10.3. The first-order valence-electron chi connectivity index (χ1n) is 17.7. The molecule has 3 fully saturated rings. The summed E-state index contributed by atoms with van der Waals surface area (Å²) in [6.07, 6.45) is 12.0. The highest BCUT2D eigenvalue weighted by Gasteiger charge is 2.67. The quantitative estimate of drug-likeness (QED) is 0.186. The first kappa shape index (κ1) is 35.2. The summed E-state index contributed by atoms with van der Waals surface area (Å²) >= 11 is 0. The second-order valence-corrected chi connectivity index (χ2v) is 18.3. The molecule has 1 aromatic heterocycles. The van der Waals surface area contributed by atoms with Gasteiger partial charge in [-0.25, -0.2) is 8.42 Å². The third-order valence-electron chi connectivity index (χ3n) is 13.8. The molecule has 5 aliphatic rings. The van der Waals surface area contributed by atoms with Gasteiger partial charge in [-0.05, 0) is 115 Å². The van der Waals surface area contributed by atoms with E-state index in [2.05, 4.69) is 49.6 Å². The minimum absolute atomic E-state index is 0.0492. The maximum absolute atomic E-state index is 13.8. The number of aromatic nitrogens is 2. The normalized spacial score (nSPS) is 34.6. The van der Waals surface area contributed by atoms with Crippen molar-refractivity contribution in [3.63, 3.8) is 0 Å². The number of carbonyl (C=O) groups is 2. The van der Waals surface area contributed by atoms with Crippen molar-refractivity contribution < 1.29 is 42.1 Å². The van der Waals surface area contributed by atoms with Crippen LogP contribution in [0.2, 0.25) is 0 Å². The van der Waals surface area contributed by atoms with Crippen molar-refractivity contribution >= 4 is 21.6 Å². The number of benzene rings is 1. The molecular weight excluding hydrogens is 673 g/mol. The Labute approximate surface area is 298 Å². The first-order chi connectivity index (χ1) is 23.9. The SMILES string of the molecule is CC1=C(O)C(=O)C=C2C1=CC=C1[C@@]2(C)CC[C@@]2(C)[C@@H]3C[C@](C)(C(=O)OCCOc4no[n+]([O-])c4S(=O)(=O)c4ccccc4)CC[C@]3(C)CC[C@]12C. The summed E-state index contributed by atoms with van der Waals surface area (Å²) in [5, 5.41) is 25.4. The van der Waals surface area contributed by atoms with Crippen molar-refractivity contribution in [1.82, 2.24) is 5.16 Å². The molecule has 272 valence electrons. The molecule has 51 heavy (non-hydrogen) atoms. The summed E-state index contributed by atoms with van der Waals surface area (Å²) in [5.41, 5.74) is 2.55. The molecule has 3 saturated carbocycles. The number of rotatable bonds is 7. The van der Waals surface area contributed by atoms with Gasteiger partial charge >= 0.3 is 16.9 Å². The van der Waals surface area contributed by atoms with Crippen LogP contribution in [0.4, 0.5) is 0 Å². The summed E-state index contributed by atoms with van der Waals surface area (Å²) in [5.74, 6) is -1.13. The summed E-state index contributed by atoms with van der Waals surface area (Å²) in [7, 11) is -4.28. The lowest BCUT2D eigenvalue weighted by Gasteiger charge is -2.70. The lowest BCUT2D eigenvalue weighted by atomic mass is 9.34. The van der Waals surface area contributed by atoms with Gasteiger partial charge in [-0.1, -0.05) is 63.6 Å². The monoisotopic (exact) mass is 718 g/mol. The lowest BCUT2D eigenvalue weighted by Crippen LogP contribution is -2.62. The molecule has 0 amide bonds. The van der Waals surface area contributed by atoms with E-state index in [0.717, 1.165) is 43.3 Å². The van der Waals surface area contributed by atoms with Gasteiger partial charge in [0.05, 0.1) is 15.5 Å². The van der Waals surface area contributed by atoms with Crippen molar-refractivity contribution in [3.8, 4) is 5.88 Å². The Hall–Kier alpha value is -4.19. The zero-order valence-corrected chi connectivity index (χ0v) is 30.9. The van der Waals surface area contributed by atoms with Crippen molar-refractivity contribution in [1.29, 1.82) is 0 Å². The van der Waals surface area contributed by atoms with Gasteiger partial charge < -0.3 is 19.8 Å². The minimum atomic E-state index is -4.28. The van der Waals surface area contributed by atoms with E-state index >= 15 is 0 Å². The van der Waals surface area contributed by atoms with E-state index in [1.807, 2.05) is 13.8 Å². The molecule has 6 atom stereocenters. The van der Waals surface area contributed by atoms with Gasteiger partial charge in [0.2, 0.25) is 5.78 Å². The van der Waals surface area contributed by atoms with Gasteiger partial charge in [0.25, 0.3) is 9.84 Å². The highest BCUT2D eigenvalue weighted by atomic mass is 32.2. The minimum Gasteiger partial charge on any atom is -0.504 e. The van der Waals surface area contributed by atoms with Crippen LogP contribution < -0.4 is 9.64 Å². The van der Waals surface area contributed by atoms with Crippen LogP contribution in [0.1, 0.15) is 86.5 Å². The standard InChI is InChI=1S/C39H46N2O9S/c1-24-26-12-13-29-37(4,27(26)22-28(42)31(24)43)17-19-39(6)30-23-36(3,15-14-35(30,2)16-18-38(29,39)5)34(44)49-21-20-48-32-33(41(45)50-40-32)51(46,47)25-10-8-7-9-11-25/h7-13,22,30,43H,14-21,23H2,1-6H3/t30-,35-,36-,37+,38-,39+/m1/s1. The molecule has 0 saturated heterocycles. The topological polar surface area (TPSA) is 160 Å². The molecule has 0 aliphatic heterocycles. The maximum Gasteiger partial charge on any atom is 0.415 e. The fraction of sp³-hybridized carbons (Fsp3) is 0.538. The average molecular weight is 719 g/mol.